The summed E-state index contributed by atoms with van der Waals surface area (Å²) in [6.07, 6.45) is 2.14. The van der Waals surface area contributed by atoms with Gasteiger partial charge in [0.15, 0.2) is 9.84 Å². The Balaban J connectivity index is 2.72. The number of benzene rings is 1. The van der Waals surface area contributed by atoms with Crippen LogP contribution in [-0.2, 0) is 20.0 Å². The number of halogens is 1. The molecule has 1 N–H and O–H groups in total. The second-order valence-corrected chi connectivity index (χ2v) is 6.92. The lowest BCUT2D eigenvalue weighted by atomic mass is 9.64. The number of methoxy groups -OCH3 is 1. The van der Waals surface area contributed by atoms with Gasteiger partial charge in [0.25, 0.3) is 0 Å². The summed E-state index contributed by atoms with van der Waals surface area (Å²) in [6, 6.07) is 2.61. The number of aliphatic carboxylic acids is 1. The van der Waals surface area contributed by atoms with Crippen LogP contribution in [0.2, 0.25) is 0 Å². The van der Waals surface area contributed by atoms with Crippen molar-refractivity contribution in [3.63, 3.8) is 0 Å². The summed E-state index contributed by atoms with van der Waals surface area (Å²) >= 11 is 0. The maximum atomic E-state index is 14.6. The highest BCUT2D eigenvalue weighted by Gasteiger charge is 2.48. The van der Waals surface area contributed by atoms with Crippen LogP contribution in [0.4, 0.5) is 4.39 Å². The summed E-state index contributed by atoms with van der Waals surface area (Å²) in [5.74, 6) is -2.27. The molecular weight excluding hydrogens is 287 g/mol. The van der Waals surface area contributed by atoms with E-state index in [0.717, 1.165) is 6.26 Å². The maximum absolute atomic E-state index is 14.6. The molecule has 5 nitrogen and oxygen atoms in total. The lowest BCUT2D eigenvalue weighted by Crippen LogP contribution is -2.43. The molecule has 1 aliphatic rings. The molecule has 1 saturated carbocycles. The largest absolute Gasteiger partial charge is 0.495 e. The Morgan fingerprint density at radius 3 is 2.35 bits per heavy atom. The highest BCUT2D eigenvalue weighted by atomic mass is 32.2. The van der Waals surface area contributed by atoms with E-state index in [1.54, 1.807) is 0 Å². The smallest absolute Gasteiger partial charge is 0.314 e. The van der Waals surface area contributed by atoms with Crippen molar-refractivity contribution in [2.75, 3.05) is 13.4 Å². The molecule has 0 bridgehead atoms. The van der Waals surface area contributed by atoms with E-state index in [9.17, 15) is 22.7 Å². The van der Waals surface area contributed by atoms with Gasteiger partial charge in [0.1, 0.15) is 16.5 Å². The van der Waals surface area contributed by atoms with Crippen LogP contribution in [0.1, 0.15) is 24.8 Å². The normalized spacial score (nSPS) is 17.4. The van der Waals surface area contributed by atoms with Crippen LogP contribution in [0.25, 0.3) is 0 Å². The van der Waals surface area contributed by atoms with Crippen molar-refractivity contribution in [3.8, 4) is 5.75 Å². The van der Waals surface area contributed by atoms with Gasteiger partial charge in [-0.2, -0.15) is 0 Å². The third-order valence-corrected chi connectivity index (χ3v) is 4.91. The van der Waals surface area contributed by atoms with Gasteiger partial charge in [0.05, 0.1) is 12.5 Å². The molecular formula is C13H15FO5S. The SMILES string of the molecule is COc1ccc(C2(C(=O)O)CCC2)c(F)c1S(C)(=O)=O. The predicted molar refractivity (Wildman–Crippen MR) is 69.2 cm³/mol. The number of rotatable bonds is 4. The lowest BCUT2D eigenvalue weighted by molar-refractivity contribution is -0.147. The molecule has 1 fully saturated rings. The van der Waals surface area contributed by atoms with Crippen LogP contribution in [0.5, 0.6) is 5.75 Å². The Morgan fingerprint density at radius 1 is 1.40 bits per heavy atom. The van der Waals surface area contributed by atoms with Crippen molar-refractivity contribution in [2.45, 2.75) is 29.6 Å². The Kier molecular flexibility index (Phi) is 3.49. The molecule has 0 atom stereocenters. The van der Waals surface area contributed by atoms with Crippen molar-refractivity contribution in [3.05, 3.63) is 23.5 Å². The van der Waals surface area contributed by atoms with E-state index in [-0.39, 0.29) is 11.3 Å². The second-order valence-electron chi connectivity index (χ2n) is 4.97. The number of carbonyl (C=O) groups is 1. The fourth-order valence-electron chi connectivity index (χ4n) is 2.54. The molecule has 0 aromatic heterocycles. The molecule has 0 saturated heterocycles. The third kappa shape index (κ3) is 2.06. The van der Waals surface area contributed by atoms with Crippen molar-refractivity contribution in [1.82, 2.24) is 0 Å². The minimum Gasteiger partial charge on any atom is -0.495 e. The standard InChI is InChI=1S/C13H15FO5S/c1-19-9-5-4-8(10(14)11(9)20(2,17)18)13(12(15)16)6-3-7-13/h4-5H,3,6-7H2,1-2H3,(H,15,16). The molecule has 1 aromatic carbocycles. The first-order chi connectivity index (χ1) is 9.24. The Morgan fingerprint density at radius 2 is 2.00 bits per heavy atom. The molecule has 0 unspecified atom stereocenters. The topological polar surface area (TPSA) is 80.7 Å². The summed E-state index contributed by atoms with van der Waals surface area (Å²) in [6.45, 7) is 0. The maximum Gasteiger partial charge on any atom is 0.314 e. The van der Waals surface area contributed by atoms with Crippen LogP contribution in [0.3, 0.4) is 0 Å². The molecule has 110 valence electrons. The fraction of sp³-hybridized carbons (Fsp3) is 0.462. The van der Waals surface area contributed by atoms with Crippen LogP contribution in [0.15, 0.2) is 17.0 Å². The van der Waals surface area contributed by atoms with E-state index in [4.69, 9.17) is 4.74 Å². The van der Waals surface area contributed by atoms with E-state index >= 15 is 0 Å². The zero-order valence-electron chi connectivity index (χ0n) is 11.1. The van der Waals surface area contributed by atoms with Gasteiger partial charge in [-0.1, -0.05) is 12.5 Å². The minimum atomic E-state index is -3.86. The minimum absolute atomic E-state index is 0.0857. The highest BCUT2D eigenvalue weighted by molar-refractivity contribution is 7.90. The fourth-order valence-corrected chi connectivity index (χ4v) is 3.50. The van der Waals surface area contributed by atoms with Crippen LogP contribution >= 0.6 is 0 Å². The Labute approximate surface area is 116 Å². The monoisotopic (exact) mass is 302 g/mol. The molecule has 1 aromatic rings. The number of ether oxygens (including phenoxy) is 1. The Bertz CT molecular complexity index is 662. The van der Waals surface area contributed by atoms with Gasteiger partial charge in [-0.05, 0) is 18.9 Å². The van der Waals surface area contributed by atoms with Crippen LogP contribution in [0, 0.1) is 5.82 Å². The first-order valence-electron chi connectivity index (χ1n) is 6.04. The summed E-state index contributed by atoms with van der Waals surface area (Å²) in [5, 5.41) is 9.33. The van der Waals surface area contributed by atoms with Gasteiger partial charge in [0.2, 0.25) is 0 Å². The molecule has 0 heterocycles. The lowest BCUT2D eigenvalue weighted by Gasteiger charge is -2.38. The highest BCUT2D eigenvalue weighted by Crippen LogP contribution is 2.46. The van der Waals surface area contributed by atoms with Crippen molar-refractivity contribution < 1.29 is 27.4 Å². The zero-order chi connectivity index (χ0) is 15.1. The van der Waals surface area contributed by atoms with E-state index in [1.165, 1.54) is 19.2 Å². The van der Waals surface area contributed by atoms with Gasteiger partial charge in [-0.3, -0.25) is 4.79 Å². The van der Waals surface area contributed by atoms with Crippen molar-refractivity contribution >= 4 is 15.8 Å². The van der Waals surface area contributed by atoms with Gasteiger partial charge in [0, 0.05) is 11.8 Å². The van der Waals surface area contributed by atoms with Crippen LogP contribution in [-0.4, -0.2) is 32.9 Å². The van der Waals surface area contributed by atoms with Gasteiger partial charge < -0.3 is 9.84 Å². The Hall–Kier alpha value is -1.63. The number of carboxylic acids is 1. The van der Waals surface area contributed by atoms with Crippen molar-refractivity contribution in [1.29, 1.82) is 0 Å². The van der Waals surface area contributed by atoms with E-state index in [0.29, 0.717) is 19.3 Å². The summed E-state index contributed by atoms with van der Waals surface area (Å²) in [7, 11) is -2.63. The summed E-state index contributed by atoms with van der Waals surface area (Å²) in [4.78, 5) is 10.8. The van der Waals surface area contributed by atoms with Gasteiger partial charge >= 0.3 is 5.97 Å². The molecule has 20 heavy (non-hydrogen) atoms. The number of sulfone groups is 1. The molecule has 0 radical (unpaired) electrons. The van der Waals surface area contributed by atoms with Gasteiger partial charge in [-0.25, -0.2) is 12.8 Å². The van der Waals surface area contributed by atoms with Crippen LogP contribution < -0.4 is 4.74 Å². The molecule has 0 spiro atoms. The zero-order valence-corrected chi connectivity index (χ0v) is 12.0. The van der Waals surface area contributed by atoms with Gasteiger partial charge in [-0.15, -0.1) is 0 Å². The average molecular weight is 302 g/mol. The summed E-state index contributed by atoms with van der Waals surface area (Å²) < 4.78 is 42.9. The molecule has 0 aliphatic heterocycles. The van der Waals surface area contributed by atoms with E-state index in [2.05, 4.69) is 0 Å². The average Bonchev–Trinajstić information content (AvgIpc) is 2.27. The molecule has 2 rings (SSSR count). The number of carboxylic acid groups (broad SMARTS) is 1. The summed E-state index contributed by atoms with van der Waals surface area (Å²) in [5.41, 5.74) is -1.41. The first kappa shape index (κ1) is 14.8. The second kappa shape index (κ2) is 4.73. The number of hydrogen-bond donors (Lipinski definition) is 1. The molecule has 1 aliphatic carbocycles. The predicted octanol–water partition coefficient (Wildman–Crippen LogP) is 1.74. The molecule has 7 heteroatoms. The third-order valence-electron chi connectivity index (χ3n) is 3.78. The number of hydrogen-bond acceptors (Lipinski definition) is 4. The van der Waals surface area contributed by atoms with Crippen molar-refractivity contribution in [2.24, 2.45) is 0 Å². The quantitative estimate of drug-likeness (QED) is 0.916. The molecule has 0 amide bonds. The van der Waals surface area contributed by atoms with E-state index < -0.39 is 31.9 Å². The van der Waals surface area contributed by atoms with E-state index in [1.807, 2.05) is 0 Å². The first-order valence-corrected chi connectivity index (χ1v) is 7.93.